The lowest BCUT2D eigenvalue weighted by Crippen LogP contribution is -2.37. The summed E-state index contributed by atoms with van der Waals surface area (Å²) >= 11 is 5.92. The van der Waals surface area contributed by atoms with Gasteiger partial charge in [-0.2, -0.15) is 0 Å². The van der Waals surface area contributed by atoms with Crippen molar-refractivity contribution in [2.45, 2.75) is 31.2 Å². The molecule has 1 aliphatic rings. The third-order valence-electron chi connectivity index (χ3n) is 4.21. The van der Waals surface area contributed by atoms with E-state index in [0.29, 0.717) is 12.8 Å². The van der Waals surface area contributed by atoms with E-state index in [-0.39, 0.29) is 34.1 Å². The lowest BCUT2D eigenvalue weighted by atomic mass is 9.93. The zero-order chi connectivity index (χ0) is 16.4. The zero-order valence-corrected chi connectivity index (χ0v) is 13.0. The van der Waals surface area contributed by atoms with E-state index in [4.69, 9.17) is 11.6 Å². The Morgan fingerprint density at radius 3 is 2.61 bits per heavy atom. The third kappa shape index (κ3) is 3.20. The number of halogens is 3. The molecule has 1 aromatic carbocycles. The summed E-state index contributed by atoms with van der Waals surface area (Å²) in [5.74, 6) is -1.90. The number of pyridine rings is 1. The molecule has 2 atom stereocenters. The Hall–Kier alpha value is -2.01. The van der Waals surface area contributed by atoms with Crippen molar-refractivity contribution in [2.24, 2.45) is 0 Å². The van der Waals surface area contributed by atoms with E-state index in [1.165, 1.54) is 24.4 Å². The largest absolute Gasteiger partial charge is 0.349 e. The van der Waals surface area contributed by atoms with Crippen molar-refractivity contribution in [2.75, 3.05) is 0 Å². The molecule has 3 rings (SSSR count). The lowest BCUT2D eigenvalue weighted by Gasteiger charge is -2.22. The number of aromatic nitrogens is 1. The molecule has 120 valence electrons. The van der Waals surface area contributed by atoms with Crippen molar-refractivity contribution in [1.29, 1.82) is 0 Å². The number of nitrogens with zero attached hydrogens (tertiary/aromatic N) is 1. The number of carbonyl (C=O) groups excluding carboxylic acids is 1. The molecule has 0 bridgehead atoms. The van der Waals surface area contributed by atoms with Crippen molar-refractivity contribution in [3.63, 3.8) is 0 Å². The van der Waals surface area contributed by atoms with Gasteiger partial charge in [0.2, 0.25) is 0 Å². The highest BCUT2D eigenvalue weighted by molar-refractivity contribution is 6.32. The third-order valence-corrected chi connectivity index (χ3v) is 4.51. The normalized spacial score (nSPS) is 20.5. The van der Waals surface area contributed by atoms with Gasteiger partial charge in [0.1, 0.15) is 16.8 Å². The van der Waals surface area contributed by atoms with Gasteiger partial charge >= 0.3 is 0 Å². The van der Waals surface area contributed by atoms with Gasteiger partial charge in [0.15, 0.2) is 0 Å². The van der Waals surface area contributed by atoms with Gasteiger partial charge in [-0.3, -0.25) is 4.79 Å². The molecule has 0 radical (unpaired) electrons. The smallest absolute Gasteiger partial charge is 0.254 e. The average molecular weight is 337 g/mol. The summed E-state index contributed by atoms with van der Waals surface area (Å²) < 4.78 is 28.0. The summed E-state index contributed by atoms with van der Waals surface area (Å²) in [6.07, 6.45) is 3.59. The van der Waals surface area contributed by atoms with Gasteiger partial charge < -0.3 is 5.32 Å². The maximum atomic E-state index is 14.0. The molecule has 2 aromatic rings. The molecule has 1 N–H and O–H groups in total. The van der Waals surface area contributed by atoms with Crippen LogP contribution in [0, 0.1) is 11.6 Å². The molecule has 0 spiro atoms. The minimum absolute atomic E-state index is 0.0487. The first-order chi connectivity index (χ1) is 11.1. The van der Waals surface area contributed by atoms with E-state index in [1.54, 1.807) is 12.1 Å². The van der Waals surface area contributed by atoms with Gasteiger partial charge in [-0.15, -0.1) is 0 Å². The highest BCUT2D eigenvalue weighted by atomic mass is 35.5. The molecule has 0 saturated heterocycles. The first-order valence-electron chi connectivity index (χ1n) is 7.43. The molecule has 1 amide bonds. The van der Waals surface area contributed by atoms with Crippen molar-refractivity contribution in [3.8, 4) is 0 Å². The summed E-state index contributed by atoms with van der Waals surface area (Å²) in [4.78, 5) is 16.2. The Kier molecular flexibility index (Phi) is 4.57. The summed E-state index contributed by atoms with van der Waals surface area (Å²) in [5, 5.41) is 2.95. The minimum Gasteiger partial charge on any atom is -0.349 e. The van der Waals surface area contributed by atoms with Gasteiger partial charge in [-0.25, -0.2) is 13.8 Å². The van der Waals surface area contributed by atoms with Gasteiger partial charge in [0.25, 0.3) is 5.91 Å². The molecule has 3 nitrogen and oxygen atoms in total. The molecule has 1 fully saturated rings. The number of rotatable bonds is 3. The van der Waals surface area contributed by atoms with E-state index >= 15 is 0 Å². The minimum atomic E-state index is -0.574. The number of benzene rings is 1. The maximum Gasteiger partial charge on any atom is 0.254 e. The predicted octanol–water partition coefficient (Wildman–Crippen LogP) is 4.08. The summed E-state index contributed by atoms with van der Waals surface area (Å²) in [5.41, 5.74) is 0.307. The Morgan fingerprint density at radius 2 is 1.91 bits per heavy atom. The second kappa shape index (κ2) is 6.62. The predicted molar refractivity (Wildman–Crippen MR) is 83.5 cm³/mol. The summed E-state index contributed by atoms with van der Waals surface area (Å²) in [6, 6.07) is 6.68. The average Bonchev–Trinajstić information content (AvgIpc) is 2.95. The van der Waals surface area contributed by atoms with Crippen LogP contribution >= 0.6 is 11.6 Å². The molecular weight excluding hydrogens is 322 g/mol. The number of hydrogen-bond donors (Lipinski definition) is 1. The van der Waals surface area contributed by atoms with E-state index in [2.05, 4.69) is 10.3 Å². The second-order valence-electron chi connectivity index (χ2n) is 5.59. The van der Waals surface area contributed by atoms with Crippen LogP contribution in [0.15, 0.2) is 36.5 Å². The first-order valence-corrected chi connectivity index (χ1v) is 7.81. The maximum absolute atomic E-state index is 14.0. The molecular formula is C17H15ClF2N2O. The molecule has 1 saturated carbocycles. The monoisotopic (exact) mass is 336 g/mol. The number of nitrogens with one attached hydrogen (secondary N) is 1. The fourth-order valence-corrected chi connectivity index (χ4v) is 3.35. The summed E-state index contributed by atoms with van der Waals surface area (Å²) in [6.45, 7) is 0. The lowest BCUT2D eigenvalue weighted by molar-refractivity contribution is 0.0933. The molecule has 1 aromatic heterocycles. The van der Waals surface area contributed by atoms with Crippen LogP contribution < -0.4 is 5.32 Å². The van der Waals surface area contributed by atoms with Crippen LogP contribution in [0.2, 0.25) is 5.15 Å². The van der Waals surface area contributed by atoms with Crippen LogP contribution in [0.4, 0.5) is 8.78 Å². The Morgan fingerprint density at radius 1 is 1.17 bits per heavy atom. The molecule has 0 aliphatic heterocycles. The van der Waals surface area contributed by atoms with Crippen LogP contribution in [0.5, 0.6) is 0 Å². The summed E-state index contributed by atoms with van der Waals surface area (Å²) in [7, 11) is 0. The standard InChI is InChI=1S/C17H15ClF2N2O/c18-16-11(5-3-9-21-16)17(23)22-14-8-1-4-10(14)15-12(19)6-2-7-13(15)20/h2-3,5-7,9-10,14H,1,4,8H2,(H,22,23)/t10-,14+/m1/s1. The van der Waals surface area contributed by atoms with Crippen LogP contribution in [0.25, 0.3) is 0 Å². The van der Waals surface area contributed by atoms with Gasteiger partial charge in [0.05, 0.1) is 5.56 Å². The first kappa shape index (κ1) is 15.9. The fraction of sp³-hybridized carbons (Fsp3) is 0.294. The van der Waals surface area contributed by atoms with E-state index in [1.807, 2.05) is 0 Å². The Balaban J connectivity index is 1.83. The Bertz CT molecular complexity index is 718. The van der Waals surface area contributed by atoms with Gasteiger partial charge in [0, 0.05) is 23.7 Å². The molecule has 6 heteroatoms. The fourth-order valence-electron chi connectivity index (χ4n) is 3.14. The van der Waals surface area contributed by atoms with Gasteiger partial charge in [-0.05, 0) is 37.1 Å². The zero-order valence-electron chi connectivity index (χ0n) is 12.2. The van der Waals surface area contributed by atoms with Crippen molar-refractivity contribution in [1.82, 2.24) is 10.3 Å². The van der Waals surface area contributed by atoms with Gasteiger partial charge in [-0.1, -0.05) is 24.1 Å². The number of amides is 1. The van der Waals surface area contributed by atoms with E-state index in [9.17, 15) is 13.6 Å². The molecule has 0 unspecified atom stereocenters. The number of hydrogen-bond acceptors (Lipinski definition) is 2. The molecule has 23 heavy (non-hydrogen) atoms. The van der Waals surface area contributed by atoms with E-state index in [0.717, 1.165) is 6.42 Å². The van der Waals surface area contributed by atoms with E-state index < -0.39 is 11.6 Å². The van der Waals surface area contributed by atoms with Crippen LogP contribution in [0.1, 0.15) is 41.1 Å². The second-order valence-corrected chi connectivity index (χ2v) is 5.95. The molecule has 1 aliphatic carbocycles. The molecule has 1 heterocycles. The highest BCUT2D eigenvalue weighted by Crippen LogP contribution is 2.37. The van der Waals surface area contributed by atoms with Crippen LogP contribution in [0.3, 0.4) is 0 Å². The van der Waals surface area contributed by atoms with Crippen LogP contribution in [-0.4, -0.2) is 16.9 Å². The SMILES string of the molecule is O=C(N[C@H]1CCC[C@H]1c1c(F)cccc1F)c1cccnc1Cl. The quantitative estimate of drug-likeness (QED) is 0.858. The Labute approximate surface area is 137 Å². The number of carbonyl (C=O) groups is 1. The highest BCUT2D eigenvalue weighted by Gasteiger charge is 2.34. The van der Waals surface area contributed by atoms with Crippen molar-refractivity contribution in [3.05, 3.63) is 64.4 Å². The van der Waals surface area contributed by atoms with Crippen molar-refractivity contribution >= 4 is 17.5 Å². The topological polar surface area (TPSA) is 42.0 Å². The van der Waals surface area contributed by atoms with Crippen LogP contribution in [-0.2, 0) is 0 Å². The van der Waals surface area contributed by atoms with Crippen molar-refractivity contribution < 1.29 is 13.6 Å².